The summed E-state index contributed by atoms with van der Waals surface area (Å²) >= 11 is 0. The van der Waals surface area contributed by atoms with Crippen LogP contribution in [-0.4, -0.2) is 53.5 Å². The highest BCUT2D eigenvalue weighted by Crippen LogP contribution is 2.30. The van der Waals surface area contributed by atoms with Crippen LogP contribution in [0.2, 0.25) is 0 Å². The Bertz CT molecular complexity index is 775. The highest BCUT2D eigenvalue weighted by atomic mass is 32.2. The Hall–Kier alpha value is -1.97. The number of amides is 1. The normalized spacial score (nSPS) is 25.0. The molecule has 2 aliphatic rings. The Morgan fingerprint density at radius 3 is 2.74 bits per heavy atom. The van der Waals surface area contributed by atoms with Crippen LogP contribution in [0.25, 0.3) is 0 Å². The van der Waals surface area contributed by atoms with Gasteiger partial charge in [0.2, 0.25) is 15.9 Å². The second-order valence-corrected chi connectivity index (χ2v) is 7.58. The number of aliphatic hydroxyl groups is 1. The summed E-state index contributed by atoms with van der Waals surface area (Å²) in [5.74, 6) is -1.41. The van der Waals surface area contributed by atoms with Crippen LogP contribution in [0.4, 0.5) is 5.69 Å². The number of benzene rings is 1. The number of carboxylic acids is 1. The van der Waals surface area contributed by atoms with E-state index in [-0.39, 0.29) is 30.2 Å². The van der Waals surface area contributed by atoms with E-state index < -0.39 is 28.1 Å². The van der Waals surface area contributed by atoms with Gasteiger partial charge in [-0.15, -0.1) is 0 Å². The highest BCUT2D eigenvalue weighted by molar-refractivity contribution is 7.89. The van der Waals surface area contributed by atoms with Gasteiger partial charge < -0.3 is 15.5 Å². The van der Waals surface area contributed by atoms with E-state index in [0.29, 0.717) is 17.7 Å². The third kappa shape index (κ3) is 2.82. The number of carbonyl (C=O) groups excluding carboxylic acids is 1. The van der Waals surface area contributed by atoms with Crippen molar-refractivity contribution in [2.45, 2.75) is 36.3 Å². The topological polar surface area (TPSA) is 124 Å². The van der Waals surface area contributed by atoms with Gasteiger partial charge in [0.05, 0.1) is 11.0 Å². The average molecular weight is 340 g/mol. The molecule has 1 saturated heterocycles. The predicted molar refractivity (Wildman–Crippen MR) is 79.3 cm³/mol. The molecule has 2 atom stereocenters. The molecular formula is C14H16N2O6S. The Balaban J connectivity index is 1.97. The number of hydrogen-bond donors (Lipinski definition) is 3. The van der Waals surface area contributed by atoms with Crippen LogP contribution in [0.15, 0.2) is 23.1 Å². The highest BCUT2D eigenvalue weighted by Gasteiger charge is 2.43. The number of rotatable bonds is 3. The van der Waals surface area contributed by atoms with Crippen molar-refractivity contribution in [1.29, 1.82) is 0 Å². The molecule has 1 aromatic rings. The molecule has 3 rings (SSSR count). The van der Waals surface area contributed by atoms with Crippen molar-refractivity contribution in [3.8, 4) is 0 Å². The van der Waals surface area contributed by atoms with Crippen LogP contribution >= 0.6 is 0 Å². The van der Waals surface area contributed by atoms with Crippen LogP contribution in [0.5, 0.6) is 0 Å². The number of carboxylic acid groups (broad SMARTS) is 1. The Kier molecular flexibility index (Phi) is 3.86. The third-order valence-corrected chi connectivity index (χ3v) is 5.97. The van der Waals surface area contributed by atoms with Crippen molar-refractivity contribution in [3.63, 3.8) is 0 Å². The van der Waals surface area contributed by atoms with Crippen molar-refractivity contribution in [3.05, 3.63) is 23.8 Å². The monoisotopic (exact) mass is 340 g/mol. The maximum atomic E-state index is 12.7. The molecule has 2 aliphatic heterocycles. The van der Waals surface area contributed by atoms with Gasteiger partial charge in [-0.2, -0.15) is 4.31 Å². The SMILES string of the molecule is O=C1CCc2cc(S(=O)(=O)N3C[C@H](O)C[C@H]3C(=O)O)ccc2N1. The fraction of sp³-hybridized carbons (Fsp3) is 0.429. The molecule has 9 heteroatoms. The van der Waals surface area contributed by atoms with E-state index in [1.165, 1.54) is 18.2 Å². The Morgan fingerprint density at radius 2 is 2.04 bits per heavy atom. The summed E-state index contributed by atoms with van der Waals surface area (Å²) in [6.45, 7) is -0.243. The number of hydrogen-bond acceptors (Lipinski definition) is 5. The fourth-order valence-electron chi connectivity index (χ4n) is 2.93. The van der Waals surface area contributed by atoms with Gasteiger partial charge in [0, 0.05) is 25.1 Å². The lowest BCUT2D eigenvalue weighted by molar-refractivity contribution is -0.140. The van der Waals surface area contributed by atoms with Crippen LogP contribution in [-0.2, 0) is 26.0 Å². The number of aliphatic carboxylic acids is 1. The van der Waals surface area contributed by atoms with Crippen LogP contribution in [0.1, 0.15) is 18.4 Å². The first-order valence-electron chi connectivity index (χ1n) is 7.14. The minimum Gasteiger partial charge on any atom is -0.480 e. The predicted octanol–water partition coefficient (Wildman–Crippen LogP) is -0.220. The van der Waals surface area contributed by atoms with Gasteiger partial charge in [-0.1, -0.05) is 0 Å². The van der Waals surface area contributed by atoms with E-state index in [9.17, 15) is 23.1 Å². The number of fused-ring (bicyclic) bond motifs is 1. The van der Waals surface area contributed by atoms with Gasteiger partial charge in [0.15, 0.2) is 0 Å². The molecule has 1 amide bonds. The van der Waals surface area contributed by atoms with Crippen molar-refractivity contribution < 1.29 is 28.2 Å². The van der Waals surface area contributed by atoms with E-state index in [1.54, 1.807) is 0 Å². The minimum atomic E-state index is -4.03. The summed E-state index contributed by atoms with van der Waals surface area (Å²) in [7, 11) is -4.03. The van der Waals surface area contributed by atoms with Crippen LogP contribution < -0.4 is 5.32 Å². The number of sulfonamides is 1. The Morgan fingerprint density at radius 1 is 1.30 bits per heavy atom. The first-order chi connectivity index (χ1) is 10.8. The summed E-state index contributed by atoms with van der Waals surface area (Å²) < 4.78 is 26.2. The molecule has 1 aromatic carbocycles. The summed E-state index contributed by atoms with van der Waals surface area (Å²) in [4.78, 5) is 22.5. The van der Waals surface area contributed by atoms with Crippen molar-refractivity contribution in [2.75, 3.05) is 11.9 Å². The molecule has 0 aliphatic carbocycles. The molecule has 8 nitrogen and oxygen atoms in total. The summed E-state index contributed by atoms with van der Waals surface area (Å²) in [6.07, 6.45) is -0.426. The largest absolute Gasteiger partial charge is 0.480 e. The molecule has 0 spiro atoms. The van der Waals surface area contributed by atoms with E-state index in [0.717, 1.165) is 4.31 Å². The van der Waals surface area contributed by atoms with Gasteiger partial charge in [-0.05, 0) is 30.2 Å². The molecular weight excluding hydrogens is 324 g/mol. The molecule has 23 heavy (non-hydrogen) atoms. The second kappa shape index (κ2) is 5.59. The molecule has 2 heterocycles. The average Bonchev–Trinajstić information content (AvgIpc) is 2.89. The van der Waals surface area contributed by atoms with Crippen LogP contribution in [0, 0.1) is 0 Å². The van der Waals surface area contributed by atoms with E-state index in [2.05, 4.69) is 5.32 Å². The number of nitrogens with zero attached hydrogens (tertiary/aromatic N) is 1. The minimum absolute atomic E-state index is 0.0345. The zero-order chi connectivity index (χ0) is 16.8. The van der Waals surface area contributed by atoms with E-state index in [1.807, 2.05) is 0 Å². The Labute approximate surface area is 132 Å². The molecule has 0 bridgehead atoms. The van der Waals surface area contributed by atoms with Gasteiger partial charge >= 0.3 is 5.97 Å². The van der Waals surface area contributed by atoms with Gasteiger partial charge in [0.1, 0.15) is 6.04 Å². The smallest absolute Gasteiger partial charge is 0.322 e. The number of β-amino-alcohol motifs (C(OH)–C–C–N with tert-alkyl or cyclic N) is 1. The molecule has 3 N–H and O–H groups in total. The zero-order valence-electron chi connectivity index (χ0n) is 12.1. The van der Waals surface area contributed by atoms with Gasteiger partial charge in [-0.25, -0.2) is 8.42 Å². The zero-order valence-corrected chi connectivity index (χ0v) is 12.9. The van der Waals surface area contributed by atoms with E-state index >= 15 is 0 Å². The van der Waals surface area contributed by atoms with E-state index in [4.69, 9.17) is 5.11 Å². The lowest BCUT2D eigenvalue weighted by Crippen LogP contribution is -2.40. The molecule has 0 aromatic heterocycles. The number of aliphatic hydroxyl groups excluding tert-OH is 1. The lowest BCUT2D eigenvalue weighted by atomic mass is 10.0. The third-order valence-electron chi connectivity index (χ3n) is 4.10. The van der Waals surface area contributed by atoms with Crippen molar-refractivity contribution in [2.24, 2.45) is 0 Å². The quantitative estimate of drug-likeness (QED) is 0.699. The summed E-state index contributed by atoms with van der Waals surface area (Å²) in [5, 5.41) is 21.5. The molecule has 0 unspecified atom stereocenters. The number of anilines is 1. The number of carbonyl (C=O) groups is 2. The first kappa shape index (κ1) is 15.9. The molecule has 1 fully saturated rings. The molecule has 124 valence electrons. The first-order valence-corrected chi connectivity index (χ1v) is 8.58. The number of nitrogens with one attached hydrogen (secondary N) is 1. The van der Waals surface area contributed by atoms with Crippen molar-refractivity contribution >= 4 is 27.6 Å². The fourth-order valence-corrected chi connectivity index (χ4v) is 4.61. The lowest BCUT2D eigenvalue weighted by Gasteiger charge is -2.22. The summed E-state index contributed by atoms with van der Waals surface area (Å²) in [5.41, 5.74) is 1.26. The van der Waals surface area contributed by atoms with Crippen molar-refractivity contribution in [1.82, 2.24) is 4.31 Å². The standard InChI is InChI=1S/C14H16N2O6S/c17-9-6-12(14(19)20)16(7-9)23(21,22)10-2-3-11-8(5-10)1-4-13(18)15-11/h2-3,5,9,12,17H,1,4,6-7H2,(H,15,18)(H,19,20)/t9-,12+/m1/s1. The van der Waals surface area contributed by atoms with Gasteiger partial charge in [0.25, 0.3) is 0 Å². The van der Waals surface area contributed by atoms with Crippen LogP contribution in [0.3, 0.4) is 0 Å². The second-order valence-electron chi connectivity index (χ2n) is 5.69. The molecule has 0 radical (unpaired) electrons. The summed E-state index contributed by atoms with van der Waals surface area (Å²) in [6, 6.07) is 3.02. The molecule has 0 saturated carbocycles. The maximum Gasteiger partial charge on any atom is 0.322 e. The number of aryl methyl sites for hydroxylation is 1. The maximum absolute atomic E-state index is 12.7. The van der Waals surface area contributed by atoms with Gasteiger partial charge in [-0.3, -0.25) is 9.59 Å².